The molecular weight excluding hydrogens is 357 g/mol. The Hall–Kier alpha value is -0.656. The van der Waals surface area contributed by atoms with Crippen molar-refractivity contribution < 1.29 is 37.8 Å². The summed E-state index contributed by atoms with van der Waals surface area (Å²) in [5.74, 6) is 0.291. The van der Waals surface area contributed by atoms with Gasteiger partial charge in [0.1, 0.15) is 0 Å². The molecular formula is C21H36OY-2. The minimum Gasteiger partial charge on any atom is -0.533 e. The predicted molar refractivity (Wildman–Crippen MR) is 102 cm³/mol. The summed E-state index contributed by atoms with van der Waals surface area (Å²) in [5, 5.41) is 8.61. The van der Waals surface area contributed by atoms with Gasteiger partial charge in [-0.3, -0.25) is 0 Å². The fourth-order valence-electron chi connectivity index (χ4n) is 0.848. The molecule has 2 aromatic rings. The molecule has 1 radical (unpaired) electrons. The van der Waals surface area contributed by atoms with Crippen molar-refractivity contribution in [3.8, 4) is 5.75 Å². The number of rotatable bonds is 0. The van der Waals surface area contributed by atoms with E-state index in [1.54, 1.807) is 24.3 Å². The third-order valence-electron chi connectivity index (χ3n) is 1.59. The Morgan fingerprint density at radius 3 is 1.00 bits per heavy atom. The Balaban J connectivity index is -0.0000000639. The normalized spacial score (nSPS) is 6.30. The van der Waals surface area contributed by atoms with Crippen LogP contribution >= 0.6 is 0 Å². The summed E-state index contributed by atoms with van der Waals surface area (Å²) in [6.45, 7) is 18.1. The molecule has 0 aliphatic carbocycles. The van der Waals surface area contributed by atoms with Gasteiger partial charge in [-0.1, -0.05) is 62.3 Å². The van der Waals surface area contributed by atoms with Crippen molar-refractivity contribution in [2.75, 3.05) is 0 Å². The second-order valence-corrected chi connectivity index (χ2v) is 2.84. The van der Waals surface area contributed by atoms with Crippen LogP contribution in [0.15, 0.2) is 48.5 Å². The maximum absolute atomic E-state index is 8.61. The average molecular weight is 393 g/mol. The number of phenolic OH excluding ortho intramolecular Hbond substituents is 1. The summed E-state index contributed by atoms with van der Waals surface area (Å²) in [5.41, 5.74) is 1.29. The van der Waals surface area contributed by atoms with Gasteiger partial charge in [0.15, 0.2) is 0 Å². The largest absolute Gasteiger partial charge is 0.533 e. The van der Waals surface area contributed by atoms with E-state index in [0.717, 1.165) is 0 Å². The smallest absolute Gasteiger partial charge is 0.00821 e. The molecule has 0 atom stereocenters. The topological polar surface area (TPSA) is 20.2 Å². The van der Waals surface area contributed by atoms with Crippen LogP contribution in [0, 0.1) is 19.1 Å². The molecule has 0 amide bonds. The molecule has 2 aromatic carbocycles. The molecule has 2 heteroatoms. The third kappa shape index (κ3) is 33.9. The second kappa shape index (κ2) is 37.5. The number of aromatic hydroxyl groups is 1. The van der Waals surface area contributed by atoms with Crippen molar-refractivity contribution in [2.24, 2.45) is 0 Å². The zero-order chi connectivity index (χ0) is 18.2. The number of aryl methyl sites for hydroxylation is 1. The van der Waals surface area contributed by atoms with E-state index < -0.39 is 0 Å². The first-order valence-electron chi connectivity index (χ1n) is 8.37. The summed E-state index contributed by atoms with van der Waals surface area (Å²) >= 11 is 0. The van der Waals surface area contributed by atoms with Crippen molar-refractivity contribution in [3.63, 3.8) is 0 Å². The summed E-state index contributed by atoms with van der Waals surface area (Å²) in [6, 6.07) is 20.1. The molecule has 0 aliphatic heterocycles. The van der Waals surface area contributed by atoms with Gasteiger partial charge in [0.25, 0.3) is 0 Å². The maximum atomic E-state index is 8.61. The molecule has 23 heavy (non-hydrogen) atoms. The van der Waals surface area contributed by atoms with Crippen LogP contribution in [-0.4, -0.2) is 5.11 Å². The standard InChI is InChI=1S/C7H7.C6H5O.4C2H6.Y/c1-7-5-3-2-4-6-7;7-6-4-2-1-3-5-6;4*1-2;/h3-6H,1H3;2-5,7H;4*1-2H3;/q2*-1;;;;;. The molecule has 1 nitrogen and oxygen atoms in total. The summed E-state index contributed by atoms with van der Waals surface area (Å²) in [7, 11) is 0. The molecule has 131 valence electrons. The predicted octanol–water partition coefficient (Wildman–Crippen LogP) is 7.09. The van der Waals surface area contributed by atoms with Gasteiger partial charge in [0.05, 0.1) is 0 Å². The molecule has 0 spiro atoms. The van der Waals surface area contributed by atoms with Crippen LogP contribution in [0.25, 0.3) is 0 Å². The molecule has 0 heterocycles. The third-order valence-corrected chi connectivity index (χ3v) is 1.59. The van der Waals surface area contributed by atoms with Crippen LogP contribution in [0.2, 0.25) is 0 Å². The van der Waals surface area contributed by atoms with Gasteiger partial charge in [-0.15, -0.1) is 12.1 Å². The van der Waals surface area contributed by atoms with Gasteiger partial charge in [0, 0.05) is 38.5 Å². The second-order valence-electron chi connectivity index (χ2n) is 2.84. The van der Waals surface area contributed by atoms with E-state index in [-0.39, 0.29) is 32.7 Å². The minimum absolute atomic E-state index is 0. The molecule has 0 aromatic heterocycles. The Bertz CT molecular complexity index is 309. The van der Waals surface area contributed by atoms with Crippen molar-refractivity contribution >= 4 is 0 Å². The maximum Gasteiger partial charge on any atom is 0.00821 e. The van der Waals surface area contributed by atoms with E-state index >= 15 is 0 Å². The van der Waals surface area contributed by atoms with Gasteiger partial charge >= 0.3 is 0 Å². The Kier molecular flexibility index (Phi) is 55.2. The van der Waals surface area contributed by atoms with Crippen molar-refractivity contribution in [2.45, 2.75) is 62.3 Å². The first-order valence-corrected chi connectivity index (χ1v) is 8.37. The molecule has 0 saturated carbocycles. The van der Waals surface area contributed by atoms with E-state index in [1.807, 2.05) is 79.7 Å². The summed E-state index contributed by atoms with van der Waals surface area (Å²) in [4.78, 5) is 0. The van der Waals surface area contributed by atoms with E-state index in [4.69, 9.17) is 5.11 Å². The van der Waals surface area contributed by atoms with Crippen molar-refractivity contribution in [1.29, 1.82) is 0 Å². The van der Waals surface area contributed by atoms with Gasteiger partial charge in [-0.2, -0.15) is 54.1 Å². The van der Waals surface area contributed by atoms with E-state index in [2.05, 4.69) is 19.1 Å². The van der Waals surface area contributed by atoms with E-state index in [9.17, 15) is 0 Å². The fourth-order valence-corrected chi connectivity index (χ4v) is 0.848. The van der Waals surface area contributed by atoms with E-state index in [0.29, 0.717) is 5.75 Å². The van der Waals surface area contributed by atoms with Crippen LogP contribution in [-0.2, 0) is 32.7 Å². The monoisotopic (exact) mass is 393 g/mol. The van der Waals surface area contributed by atoms with E-state index in [1.165, 1.54) is 5.56 Å². The Morgan fingerprint density at radius 2 is 0.870 bits per heavy atom. The Morgan fingerprint density at radius 1 is 0.609 bits per heavy atom. The molecule has 2 rings (SSSR count). The molecule has 1 N–H and O–H groups in total. The molecule has 0 unspecified atom stereocenters. The van der Waals surface area contributed by atoms with Crippen LogP contribution in [0.4, 0.5) is 0 Å². The van der Waals surface area contributed by atoms with Crippen LogP contribution in [0.3, 0.4) is 0 Å². The summed E-state index contributed by atoms with van der Waals surface area (Å²) < 4.78 is 0. The van der Waals surface area contributed by atoms with Crippen molar-refractivity contribution in [3.05, 3.63) is 66.2 Å². The SMILES string of the molecule is CC.CC.CC.CC.Cc1cc[c-]cc1.Oc1cc[c-]cc1.[Y]. The van der Waals surface area contributed by atoms with Gasteiger partial charge in [-0.05, 0) is 0 Å². The quantitative estimate of drug-likeness (QED) is 0.474. The Labute approximate surface area is 171 Å². The van der Waals surface area contributed by atoms with Crippen molar-refractivity contribution in [1.82, 2.24) is 0 Å². The van der Waals surface area contributed by atoms with Crippen LogP contribution in [0.5, 0.6) is 5.75 Å². The van der Waals surface area contributed by atoms with Gasteiger partial charge in [0.2, 0.25) is 0 Å². The number of hydrogen-bond acceptors (Lipinski definition) is 1. The number of benzene rings is 2. The van der Waals surface area contributed by atoms with Crippen LogP contribution < -0.4 is 0 Å². The zero-order valence-electron chi connectivity index (χ0n) is 16.6. The number of phenols is 1. The molecule has 0 fully saturated rings. The fraction of sp³-hybridized carbons (Fsp3) is 0.429. The van der Waals surface area contributed by atoms with Crippen LogP contribution in [0.1, 0.15) is 61.0 Å². The minimum atomic E-state index is 0. The first-order chi connectivity index (χ1) is 10.8. The average Bonchev–Trinajstić information content (AvgIpc) is 2.64. The zero-order valence-corrected chi connectivity index (χ0v) is 19.5. The molecule has 0 saturated heterocycles. The molecule has 0 bridgehead atoms. The summed E-state index contributed by atoms with van der Waals surface area (Å²) in [6.07, 6.45) is 0. The van der Waals surface area contributed by atoms with Gasteiger partial charge < -0.3 is 5.11 Å². The first kappa shape index (κ1) is 33.8. The number of hydrogen-bond donors (Lipinski definition) is 1. The van der Waals surface area contributed by atoms with Gasteiger partial charge in [-0.25, -0.2) is 0 Å². The molecule has 0 aliphatic rings.